The lowest BCUT2D eigenvalue weighted by Crippen LogP contribution is -2.30. The van der Waals surface area contributed by atoms with Crippen LogP contribution < -0.4 is 0 Å². The highest BCUT2D eigenvalue weighted by molar-refractivity contribution is 7.92. The lowest BCUT2D eigenvalue weighted by atomic mass is 10.0. The summed E-state index contributed by atoms with van der Waals surface area (Å²) in [4.78, 5) is -1.37. The summed E-state index contributed by atoms with van der Waals surface area (Å²) in [5.74, 6) is -1.25. The molecule has 0 fully saturated rings. The predicted molar refractivity (Wildman–Crippen MR) is 82.5 cm³/mol. The third-order valence-corrected chi connectivity index (χ3v) is 5.99. The van der Waals surface area contributed by atoms with E-state index in [2.05, 4.69) is 0 Å². The average molecular weight is 431 g/mol. The second kappa shape index (κ2) is 6.76. The van der Waals surface area contributed by atoms with E-state index in [0.29, 0.717) is 18.2 Å². The zero-order valence-corrected chi connectivity index (χ0v) is 14.5. The Morgan fingerprint density at radius 2 is 1.82 bits per heavy atom. The number of aliphatic hydroxyl groups excluding tert-OH is 1. The van der Waals surface area contributed by atoms with Crippen molar-refractivity contribution >= 4 is 9.84 Å². The zero-order chi connectivity index (χ0) is 21.0. The van der Waals surface area contributed by atoms with E-state index in [1.807, 2.05) is 0 Å². The molecule has 0 aliphatic carbocycles. The van der Waals surface area contributed by atoms with Crippen molar-refractivity contribution in [3.63, 3.8) is 0 Å². The zero-order valence-electron chi connectivity index (χ0n) is 13.7. The van der Waals surface area contributed by atoms with Crippen LogP contribution in [0.1, 0.15) is 30.2 Å². The number of rotatable bonds is 3. The monoisotopic (exact) mass is 431 g/mol. The molecule has 0 unspecified atom stereocenters. The van der Waals surface area contributed by atoms with Crippen LogP contribution in [-0.2, 0) is 16.4 Å². The molecule has 0 bridgehead atoms. The predicted octanol–water partition coefficient (Wildman–Crippen LogP) is 4.30. The maximum absolute atomic E-state index is 13.9. The lowest BCUT2D eigenvalue weighted by molar-refractivity contribution is -0.0438. The molecule has 0 saturated carbocycles. The van der Waals surface area contributed by atoms with Gasteiger partial charge in [-0.1, -0.05) is 0 Å². The standard InChI is InChI=1S/C16H12F7NO3S/c17-9-2-1-7(5-8(9)15(19)20)11-6-12(28(26,27)16(21,22)23)13-14(25)10(18)3-4-24(11)13/h1-2,5-6,10,14-15,25H,3-4H2/t10-,14-/m1/s1. The number of benzene rings is 1. The molecule has 0 spiro atoms. The number of fused-ring (bicyclic) bond motifs is 1. The molecule has 3 rings (SSSR count). The van der Waals surface area contributed by atoms with E-state index in [9.17, 15) is 44.3 Å². The fraction of sp³-hybridized carbons (Fsp3) is 0.375. The molecule has 154 valence electrons. The quantitative estimate of drug-likeness (QED) is 0.738. The van der Waals surface area contributed by atoms with Crippen LogP contribution in [0.4, 0.5) is 30.7 Å². The fourth-order valence-corrected chi connectivity index (χ4v) is 4.14. The van der Waals surface area contributed by atoms with Gasteiger partial charge < -0.3 is 9.67 Å². The van der Waals surface area contributed by atoms with Gasteiger partial charge in [0.2, 0.25) is 0 Å². The Kier molecular flexibility index (Phi) is 4.99. The van der Waals surface area contributed by atoms with Crippen molar-refractivity contribution in [1.82, 2.24) is 4.57 Å². The van der Waals surface area contributed by atoms with Gasteiger partial charge in [-0.2, -0.15) is 13.2 Å². The summed E-state index contributed by atoms with van der Waals surface area (Å²) in [6.45, 7) is -0.308. The highest BCUT2D eigenvalue weighted by atomic mass is 32.2. The first kappa shape index (κ1) is 20.6. The molecule has 12 heteroatoms. The van der Waals surface area contributed by atoms with E-state index in [1.165, 1.54) is 0 Å². The highest BCUT2D eigenvalue weighted by Gasteiger charge is 2.50. The molecule has 1 aliphatic rings. The van der Waals surface area contributed by atoms with Crippen molar-refractivity contribution in [3.05, 3.63) is 41.3 Å². The number of sulfone groups is 1. The van der Waals surface area contributed by atoms with Crippen molar-refractivity contribution in [3.8, 4) is 11.3 Å². The largest absolute Gasteiger partial charge is 0.501 e. The Hall–Kier alpha value is -2.08. The van der Waals surface area contributed by atoms with Gasteiger partial charge in [-0.25, -0.2) is 26.0 Å². The van der Waals surface area contributed by atoms with E-state index in [4.69, 9.17) is 0 Å². The van der Waals surface area contributed by atoms with E-state index < -0.39 is 56.0 Å². The van der Waals surface area contributed by atoms with Gasteiger partial charge in [0, 0.05) is 12.2 Å². The molecule has 0 amide bonds. The molecule has 1 aliphatic heterocycles. The van der Waals surface area contributed by atoms with Crippen LogP contribution in [0, 0.1) is 5.82 Å². The molecule has 0 saturated heterocycles. The number of aliphatic hydroxyl groups is 1. The summed E-state index contributed by atoms with van der Waals surface area (Å²) >= 11 is 0. The van der Waals surface area contributed by atoms with Crippen LogP contribution >= 0.6 is 0 Å². The maximum atomic E-state index is 13.9. The summed E-state index contributed by atoms with van der Waals surface area (Å²) in [6.07, 6.45) is -7.74. The van der Waals surface area contributed by atoms with E-state index >= 15 is 0 Å². The normalized spacial score (nSPS) is 20.5. The molecule has 1 N–H and O–H groups in total. The minimum Gasteiger partial charge on any atom is -0.384 e. The number of hydrogen-bond acceptors (Lipinski definition) is 3. The molecule has 28 heavy (non-hydrogen) atoms. The summed E-state index contributed by atoms with van der Waals surface area (Å²) in [7, 11) is -5.97. The molecular formula is C16H12F7NO3S. The summed E-state index contributed by atoms with van der Waals surface area (Å²) < 4.78 is 117. The molecule has 2 heterocycles. The number of nitrogens with zero attached hydrogens (tertiary/aromatic N) is 1. The lowest BCUT2D eigenvalue weighted by Gasteiger charge is -2.27. The first-order valence-electron chi connectivity index (χ1n) is 7.81. The number of hydrogen-bond donors (Lipinski definition) is 1. The van der Waals surface area contributed by atoms with Crippen molar-refractivity contribution in [2.24, 2.45) is 0 Å². The van der Waals surface area contributed by atoms with Gasteiger partial charge in [-0.05, 0) is 36.2 Å². The third-order valence-electron chi connectivity index (χ3n) is 4.47. The molecule has 2 aromatic rings. The number of alkyl halides is 6. The van der Waals surface area contributed by atoms with Gasteiger partial charge in [0.25, 0.3) is 16.3 Å². The van der Waals surface area contributed by atoms with Crippen molar-refractivity contribution < 1.29 is 44.3 Å². The van der Waals surface area contributed by atoms with E-state index in [1.54, 1.807) is 0 Å². The Morgan fingerprint density at radius 3 is 2.39 bits per heavy atom. The summed E-state index contributed by atoms with van der Waals surface area (Å²) in [5.41, 5.74) is -8.08. The second-order valence-corrected chi connectivity index (χ2v) is 8.08. The molecule has 1 aromatic carbocycles. The van der Waals surface area contributed by atoms with Crippen LogP contribution in [0.25, 0.3) is 11.3 Å². The van der Waals surface area contributed by atoms with Gasteiger partial charge in [-0.15, -0.1) is 0 Å². The summed E-state index contributed by atoms with van der Waals surface area (Å²) in [6, 6.07) is 2.83. The Labute approximate surface area is 154 Å². The molecule has 4 nitrogen and oxygen atoms in total. The van der Waals surface area contributed by atoms with E-state index in [0.717, 1.165) is 10.6 Å². The van der Waals surface area contributed by atoms with Gasteiger partial charge >= 0.3 is 5.51 Å². The van der Waals surface area contributed by atoms with Crippen LogP contribution in [0.2, 0.25) is 0 Å². The van der Waals surface area contributed by atoms with Crippen molar-refractivity contribution in [1.29, 1.82) is 0 Å². The molecule has 2 atom stereocenters. The number of aromatic nitrogens is 1. The Bertz CT molecular complexity index is 1010. The van der Waals surface area contributed by atoms with Gasteiger partial charge in [0.1, 0.15) is 23.0 Å². The van der Waals surface area contributed by atoms with Crippen LogP contribution in [-0.4, -0.2) is 29.8 Å². The van der Waals surface area contributed by atoms with Crippen molar-refractivity contribution in [2.75, 3.05) is 0 Å². The second-order valence-electron chi connectivity index (χ2n) is 6.17. The Balaban J connectivity index is 2.30. The fourth-order valence-electron chi connectivity index (χ4n) is 3.12. The Morgan fingerprint density at radius 1 is 1.18 bits per heavy atom. The number of halogens is 7. The van der Waals surface area contributed by atoms with Crippen molar-refractivity contribution in [2.45, 2.75) is 42.1 Å². The first-order valence-corrected chi connectivity index (χ1v) is 9.29. The smallest absolute Gasteiger partial charge is 0.384 e. The van der Waals surface area contributed by atoms with Gasteiger partial charge in [-0.3, -0.25) is 0 Å². The summed E-state index contributed by atoms with van der Waals surface area (Å²) in [5, 5.41) is 9.98. The maximum Gasteiger partial charge on any atom is 0.501 e. The van der Waals surface area contributed by atoms with Gasteiger partial charge in [0.05, 0.1) is 11.3 Å². The van der Waals surface area contributed by atoms with Gasteiger partial charge in [0.15, 0.2) is 0 Å². The molecule has 1 aromatic heterocycles. The average Bonchev–Trinajstić information content (AvgIpc) is 2.98. The topological polar surface area (TPSA) is 59.3 Å². The van der Waals surface area contributed by atoms with E-state index in [-0.39, 0.29) is 24.2 Å². The molecule has 0 radical (unpaired) electrons. The van der Waals surface area contributed by atoms with Crippen LogP contribution in [0.15, 0.2) is 29.2 Å². The minimum atomic E-state index is -5.97. The first-order chi connectivity index (χ1) is 12.9. The molecular weight excluding hydrogens is 419 g/mol. The SMILES string of the molecule is O=S(=O)(c1cc(-c2ccc(F)c(C(F)F)c2)n2c1[C@H](O)[C@H](F)CC2)C(F)(F)F. The highest BCUT2D eigenvalue weighted by Crippen LogP contribution is 2.43. The van der Waals surface area contributed by atoms with Crippen LogP contribution in [0.5, 0.6) is 0 Å². The third kappa shape index (κ3) is 3.17. The minimum absolute atomic E-state index is 0.203. The van der Waals surface area contributed by atoms with Crippen LogP contribution in [0.3, 0.4) is 0 Å².